The minimum Gasteiger partial charge on any atom is -0.493 e. The van der Waals surface area contributed by atoms with E-state index in [1.807, 2.05) is 0 Å². The summed E-state index contributed by atoms with van der Waals surface area (Å²) >= 11 is 0. The van der Waals surface area contributed by atoms with E-state index in [0.29, 0.717) is 47.3 Å². The number of nitrogens with zero attached hydrogens (tertiary/aromatic N) is 1. The lowest BCUT2D eigenvalue weighted by molar-refractivity contribution is -0.534. The van der Waals surface area contributed by atoms with E-state index < -0.39 is 40.7 Å². The second-order valence-electron chi connectivity index (χ2n) is 7.98. The van der Waals surface area contributed by atoms with Crippen LogP contribution in [0.25, 0.3) is 0 Å². The Morgan fingerprint density at radius 2 is 1.44 bits per heavy atom. The zero-order valence-electron chi connectivity index (χ0n) is 20.8. The molecule has 11 nitrogen and oxygen atoms in total. The summed E-state index contributed by atoms with van der Waals surface area (Å²) in [7, 11) is 4.09. The van der Waals surface area contributed by atoms with Crippen LogP contribution in [0.2, 0.25) is 0 Å². The third kappa shape index (κ3) is 5.14. The van der Waals surface area contributed by atoms with Crippen LogP contribution in [0.4, 0.5) is 0 Å². The number of piperidine rings is 1. The Bertz CT molecular complexity index is 1120. The molecule has 1 amide bonds. The van der Waals surface area contributed by atoms with Crippen LogP contribution in [0.1, 0.15) is 36.9 Å². The Hall–Kier alpha value is -4.02. The number of carbonyl (C=O) groups excluding carboxylic acids is 2. The maximum atomic E-state index is 13.3. The van der Waals surface area contributed by atoms with Crippen molar-refractivity contribution in [3.05, 3.63) is 57.6 Å². The molecule has 11 heteroatoms. The highest BCUT2D eigenvalue weighted by atomic mass is 16.6. The average molecular weight is 503 g/mol. The normalized spacial score (nSPS) is 21.2. The number of hydrogen-bond acceptors (Lipinski definition) is 9. The van der Waals surface area contributed by atoms with Gasteiger partial charge in [0, 0.05) is 4.92 Å². The minimum atomic E-state index is -1.45. The first-order valence-electron chi connectivity index (χ1n) is 11.4. The van der Waals surface area contributed by atoms with Crippen molar-refractivity contribution in [1.82, 2.24) is 5.32 Å². The topological polar surface area (TPSA) is 135 Å². The number of hydrogen-bond donors (Lipinski definition) is 1. The Labute approximate surface area is 208 Å². The lowest BCUT2D eigenvalue weighted by atomic mass is 9.73. The van der Waals surface area contributed by atoms with E-state index in [4.69, 9.17) is 23.7 Å². The number of nitrogens with one attached hydrogen (secondary N) is 1. The number of ether oxygens (including phenoxy) is 5. The van der Waals surface area contributed by atoms with Crippen molar-refractivity contribution in [3.8, 4) is 23.0 Å². The minimum absolute atomic E-state index is 0.318. The molecule has 3 rings (SSSR count). The molecular formula is C25H30N2O9. The number of rotatable bonds is 10. The van der Waals surface area contributed by atoms with Crippen molar-refractivity contribution < 1.29 is 38.2 Å². The molecule has 2 aromatic carbocycles. The number of benzene rings is 2. The molecule has 1 fully saturated rings. The molecule has 4 unspecified atom stereocenters. The largest absolute Gasteiger partial charge is 0.493 e. The SMILES string of the molecule is CCOc1cc(C2NC(=O)C(C(=O)OC)C(c3ccc(OC)c(OCC)c3)C2[N+](=O)[O-])ccc1OC. The summed E-state index contributed by atoms with van der Waals surface area (Å²) in [4.78, 5) is 38.0. The van der Waals surface area contributed by atoms with Crippen LogP contribution in [0.15, 0.2) is 36.4 Å². The Balaban J connectivity index is 2.20. The van der Waals surface area contributed by atoms with Gasteiger partial charge in [-0.2, -0.15) is 0 Å². The van der Waals surface area contributed by atoms with Gasteiger partial charge in [0.05, 0.1) is 40.5 Å². The number of methoxy groups -OCH3 is 3. The fourth-order valence-electron chi connectivity index (χ4n) is 4.52. The smallest absolute Gasteiger partial charge is 0.319 e. The molecule has 1 saturated heterocycles. The average Bonchev–Trinajstić information content (AvgIpc) is 2.87. The third-order valence-corrected chi connectivity index (χ3v) is 6.07. The number of nitro groups is 1. The fourth-order valence-corrected chi connectivity index (χ4v) is 4.52. The summed E-state index contributed by atoms with van der Waals surface area (Å²) in [5.74, 6) is -2.58. The molecule has 0 aliphatic carbocycles. The predicted octanol–water partition coefficient (Wildman–Crippen LogP) is 2.89. The molecule has 0 radical (unpaired) electrons. The molecule has 4 atom stereocenters. The van der Waals surface area contributed by atoms with E-state index in [1.165, 1.54) is 14.2 Å². The standard InChI is InChI=1S/C25H30N2O9/c1-6-35-18-12-14(8-10-16(18)32-3)20-21(25(29)34-5)24(28)26-22(23(20)27(30)31)15-9-11-17(33-4)19(13-15)36-7-2/h8-13,20-23H,6-7H2,1-5H3,(H,26,28). The van der Waals surface area contributed by atoms with Crippen molar-refractivity contribution in [2.75, 3.05) is 34.5 Å². The maximum Gasteiger partial charge on any atom is 0.319 e. The monoisotopic (exact) mass is 502 g/mol. The molecule has 1 N–H and O–H groups in total. The Morgan fingerprint density at radius 1 is 0.917 bits per heavy atom. The lowest BCUT2D eigenvalue weighted by Crippen LogP contribution is -2.56. The zero-order chi connectivity index (χ0) is 26.4. The number of esters is 1. The highest BCUT2D eigenvalue weighted by Gasteiger charge is 2.55. The van der Waals surface area contributed by atoms with Gasteiger partial charge in [-0.25, -0.2) is 0 Å². The lowest BCUT2D eigenvalue weighted by Gasteiger charge is -2.37. The molecule has 194 valence electrons. The summed E-state index contributed by atoms with van der Waals surface area (Å²) in [6.07, 6.45) is 0. The van der Waals surface area contributed by atoms with Crippen LogP contribution in [0.5, 0.6) is 23.0 Å². The van der Waals surface area contributed by atoms with Crippen LogP contribution in [0.3, 0.4) is 0 Å². The Morgan fingerprint density at radius 3 is 1.92 bits per heavy atom. The van der Waals surface area contributed by atoms with Crippen LogP contribution >= 0.6 is 0 Å². The molecule has 0 aromatic heterocycles. The molecule has 0 bridgehead atoms. The van der Waals surface area contributed by atoms with Gasteiger partial charge >= 0.3 is 5.97 Å². The van der Waals surface area contributed by atoms with E-state index in [-0.39, 0.29) is 0 Å². The summed E-state index contributed by atoms with van der Waals surface area (Å²) in [5.41, 5.74) is 0.802. The van der Waals surface area contributed by atoms with E-state index in [9.17, 15) is 19.7 Å². The quantitative estimate of drug-likeness (QED) is 0.225. The first-order chi connectivity index (χ1) is 17.3. The molecule has 1 heterocycles. The maximum absolute atomic E-state index is 13.3. The molecule has 1 aliphatic heterocycles. The fraction of sp³-hybridized carbons (Fsp3) is 0.440. The third-order valence-electron chi connectivity index (χ3n) is 6.07. The van der Waals surface area contributed by atoms with Crippen molar-refractivity contribution in [3.63, 3.8) is 0 Å². The molecule has 2 aromatic rings. The first kappa shape index (κ1) is 26.6. The van der Waals surface area contributed by atoms with Gasteiger partial charge in [-0.15, -0.1) is 0 Å². The number of carbonyl (C=O) groups is 2. The van der Waals surface area contributed by atoms with Crippen LogP contribution < -0.4 is 24.3 Å². The molecule has 0 saturated carbocycles. The summed E-state index contributed by atoms with van der Waals surface area (Å²) in [5, 5.41) is 15.2. The summed E-state index contributed by atoms with van der Waals surface area (Å²) in [6.45, 7) is 4.24. The second-order valence-corrected chi connectivity index (χ2v) is 7.98. The highest BCUT2D eigenvalue weighted by Crippen LogP contribution is 2.44. The van der Waals surface area contributed by atoms with Gasteiger partial charge in [-0.05, 0) is 49.2 Å². The van der Waals surface area contributed by atoms with Crippen LogP contribution in [-0.2, 0) is 14.3 Å². The van der Waals surface area contributed by atoms with Crippen LogP contribution in [0, 0.1) is 16.0 Å². The van der Waals surface area contributed by atoms with E-state index in [1.54, 1.807) is 50.2 Å². The van der Waals surface area contributed by atoms with E-state index in [0.717, 1.165) is 7.11 Å². The molecule has 0 spiro atoms. The zero-order valence-corrected chi connectivity index (χ0v) is 20.8. The number of amides is 1. The van der Waals surface area contributed by atoms with Crippen LogP contribution in [-0.4, -0.2) is 57.4 Å². The molecule has 1 aliphatic rings. The predicted molar refractivity (Wildman–Crippen MR) is 128 cm³/mol. The van der Waals surface area contributed by atoms with Gasteiger partial charge in [-0.3, -0.25) is 19.7 Å². The summed E-state index contributed by atoms with van der Waals surface area (Å²) in [6, 6.07) is 7.09. The highest BCUT2D eigenvalue weighted by molar-refractivity contribution is 6.00. The van der Waals surface area contributed by atoms with Crippen molar-refractivity contribution in [1.29, 1.82) is 0 Å². The Kier molecular flexibility index (Phi) is 8.57. The first-order valence-corrected chi connectivity index (χ1v) is 11.4. The van der Waals surface area contributed by atoms with Gasteiger partial charge < -0.3 is 29.0 Å². The van der Waals surface area contributed by atoms with Gasteiger partial charge in [0.15, 0.2) is 23.0 Å². The van der Waals surface area contributed by atoms with Gasteiger partial charge in [-0.1, -0.05) is 12.1 Å². The van der Waals surface area contributed by atoms with Crippen molar-refractivity contribution >= 4 is 11.9 Å². The molecular weight excluding hydrogens is 472 g/mol. The van der Waals surface area contributed by atoms with Gasteiger partial charge in [0.2, 0.25) is 11.9 Å². The second kappa shape index (κ2) is 11.6. The van der Waals surface area contributed by atoms with Gasteiger partial charge in [0.25, 0.3) is 0 Å². The summed E-state index contributed by atoms with van der Waals surface area (Å²) < 4.78 is 26.8. The van der Waals surface area contributed by atoms with E-state index in [2.05, 4.69) is 5.32 Å². The van der Waals surface area contributed by atoms with Crippen molar-refractivity contribution in [2.45, 2.75) is 31.8 Å². The van der Waals surface area contributed by atoms with E-state index >= 15 is 0 Å². The molecule has 36 heavy (non-hydrogen) atoms. The van der Waals surface area contributed by atoms with Gasteiger partial charge in [0.1, 0.15) is 12.0 Å². The van der Waals surface area contributed by atoms with Crippen molar-refractivity contribution in [2.24, 2.45) is 5.92 Å².